The van der Waals surface area contributed by atoms with Crippen molar-refractivity contribution < 1.29 is 4.79 Å². The molecule has 0 aliphatic carbocycles. The minimum absolute atomic E-state index is 0.164. The van der Waals surface area contributed by atoms with Crippen LogP contribution < -0.4 is 4.90 Å². The lowest BCUT2D eigenvalue weighted by Gasteiger charge is -2.14. The number of hydrogen-bond acceptors (Lipinski definition) is 4. The van der Waals surface area contributed by atoms with E-state index >= 15 is 0 Å². The Hall–Kier alpha value is -1.71. The average molecular weight is 322 g/mol. The standard InChI is InChI=1S/C12H8BrN3OS/c1-16(11-3-2-10(13)18-11)12(17)8-4-5-15-9(6-8)7-14/h2-6H,1H3. The molecule has 2 rings (SSSR count). The van der Waals surface area contributed by atoms with E-state index in [1.54, 1.807) is 18.0 Å². The predicted octanol–water partition coefficient (Wildman–Crippen LogP) is 3.05. The normalized spacial score (nSPS) is 9.83. The summed E-state index contributed by atoms with van der Waals surface area (Å²) >= 11 is 4.83. The van der Waals surface area contributed by atoms with Gasteiger partial charge in [0.1, 0.15) is 11.8 Å². The van der Waals surface area contributed by atoms with E-state index in [1.807, 2.05) is 18.2 Å². The number of aromatic nitrogens is 1. The molecular formula is C12H8BrN3OS. The van der Waals surface area contributed by atoms with Crippen LogP contribution in [-0.4, -0.2) is 17.9 Å². The summed E-state index contributed by atoms with van der Waals surface area (Å²) in [5.41, 5.74) is 0.690. The molecule has 4 nitrogen and oxygen atoms in total. The van der Waals surface area contributed by atoms with Crippen LogP contribution in [0, 0.1) is 11.3 Å². The van der Waals surface area contributed by atoms with Crippen LogP contribution in [0.3, 0.4) is 0 Å². The van der Waals surface area contributed by atoms with Gasteiger partial charge in [0.05, 0.1) is 8.79 Å². The lowest BCUT2D eigenvalue weighted by atomic mass is 10.2. The van der Waals surface area contributed by atoms with E-state index in [1.165, 1.54) is 23.6 Å². The Morgan fingerprint density at radius 2 is 2.28 bits per heavy atom. The maximum absolute atomic E-state index is 12.2. The van der Waals surface area contributed by atoms with Crippen LogP contribution in [0.5, 0.6) is 0 Å². The fraction of sp³-hybridized carbons (Fsp3) is 0.0833. The Morgan fingerprint density at radius 3 is 2.89 bits per heavy atom. The first kappa shape index (κ1) is 12.7. The van der Waals surface area contributed by atoms with Gasteiger partial charge in [0.25, 0.3) is 5.91 Å². The van der Waals surface area contributed by atoms with Gasteiger partial charge in [-0.3, -0.25) is 4.79 Å². The third-order valence-corrected chi connectivity index (χ3v) is 4.02. The van der Waals surface area contributed by atoms with E-state index in [0.717, 1.165) is 8.79 Å². The highest BCUT2D eigenvalue weighted by molar-refractivity contribution is 9.11. The number of thiophene rings is 1. The van der Waals surface area contributed by atoms with Crippen molar-refractivity contribution in [3.63, 3.8) is 0 Å². The Balaban J connectivity index is 2.28. The average Bonchev–Trinajstić information content (AvgIpc) is 2.83. The van der Waals surface area contributed by atoms with Crippen molar-refractivity contribution in [3.05, 3.63) is 45.5 Å². The third-order valence-electron chi connectivity index (χ3n) is 2.32. The molecule has 0 radical (unpaired) electrons. The molecule has 0 unspecified atom stereocenters. The summed E-state index contributed by atoms with van der Waals surface area (Å²) in [7, 11) is 1.70. The molecule has 0 fully saturated rings. The molecule has 0 N–H and O–H groups in total. The van der Waals surface area contributed by atoms with Gasteiger partial charge in [0, 0.05) is 18.8 Å². The molecule has 0 aromatic carbocycles. The first-order valence-electron chi connectivity index (χ1n) is 5.01. The van der Waals surface area contributed by atoms with Gasteiger partial charge in [-0.15, -0.1) is 11.3 Å². The van der Waals surface area contributed by atoms with Crippen LogP contribution >= 0.6 is 27.3 Å². The van der Waals surface area contributed by atoms with Crippen molar-refractivity contribution in [1.29, 1.82) is 5.26 Å². The van der Waals surface area contributed by atoms with Crippen LogP contribution in [-0.2, 0) is 0 Å². The van der Waals surface area contributed by atoms with Crippen LogP contribution in [0.15, 0.2) is 34.2 Å². The molecule has 18 heavy (non-hydrogen) atoms. The highest BCUT2D eigenvalue weighted by atomic mass is 79.9. The van der Waals surface area contributed by atoms with Gasteiger partial charge in [-0.25, -0.2) is 4.98 Å². The Labute approximate surface area is 117 Å². The van der Waals surface area contributed by atoms with Crippen molar-refractivity contribution >= 4 is 38.2 Å². The van der Waals surface area contributed by atoms with E-state index in [4.69, 9.17) is 5.26 Å². The highest BCUT2D eigenvalue weighted by Gasteiger charge is 2.15. The molecule has 0 spiro atoms. The number of nitriles is 1. The number of amides is 1. The summed E-state index contributed by atoms with van der Waals surface area (Å²) in [5, 5.41) is 9.60. The van der Waals surface area contributed by atoms with Gasteiger partial charge in [0.2, 0.25) is 0 Å². The number of carbonyl (C=O) groups excluding carboxylic acids is 1. The topological polar surface area (TPSA) is 57.0 Å². The van der Waals surface area contributed by atoms with Crippen LogP contribution in [0.25, 0.3) is 0 Å². The number of anilines is 1. The Bertz CT molecular complexity index is 632. The maximum Gasteiger partial charge on any atom is 0.258 e. The summed E-state index contributed by atoms with van der Waals surface area (Å²) in [4.78, 5) is 17.6. The molecular weight excluding hydrogens is 314 g/mol. The second-order valence-electron chi connectivity index (χ2n) is 3.48. The lowest BCUT2D eigenvalue weighted by molar-refractivity contribution is 0.0993. The minimum Gasteiger partial charge on any atom is -0.303 e. The van der Waals surface area contributed by atoms with Crippen molar-refractivity contribution in [2.75, 3.05) is 11.9 Å². The van der Waals surface area contributed by atoms with Crippen molar-refractivity contribution in [2.45, 2.75) is 0 Å². The van der Waals surface area contributed by atoms with Gasteiger partial charge in [0.15, 0.2) is 0 Å². The molecule has 1 amide bonds. The summed E-state index contributed by atoms with van der Waals surface area (Å²) in [6, 6.07) is 8.75. The zero-order chi connectivity index (χ0) is 13.1. The van der Waals surface area contributed by atoms with Gasteiger partial charge < -0.3 is 4.90 Å². The summed E-state index contributed by atoms with van der Waals surface area (Å²) in [6.07, 6.45) is 1.46. The zero-order valence-electron chi connectivity index (χ0n) is 9.42. The summed E-state index contributed by atoms with van der Waals surface area (Å²) in [5.74, 6) is -0.164. The number of pyridine rings is 1. The molecule has 2 aromatic heterocycles. The molecule has 0 saturated heterocycles. The van der Waals surface area contributed by atoms with E-state index in [9.17, 15) is 4.79 Å². The number of carbonyl (C=O) groups is 1. The number of hydrogen-bond donors (Lipinski definition) is 0. The predicted molar refractivity (Wildman–Crippen MR) is 73.7 cm³/mol. The first-order valence-corrected chi connectivity index (χ1v) is 6.62. The van der Waals surface area contributed by atoms with Gasteiger partial charge in [-0.05, 0) is 40.2 Å². The quantitative estimate of drug-likeness (QED) is 0.854. The molecule has 0 bridgehead atoms. The van der Waals surface area contributed by atoms with Crippen molar-refractivity contribution in [3.8, 4) is 6.07 Å². The number of nitrogens with zero attached hydrogens (tertiary/aromatic N) is 3. The second-order valence-corrected chi connectivity index (χ2v) is 5.92. The van der Waals surface area contributed by atoms with Gasteiger partial charge >= 0.3 is 0 Å². The fourth-order valence-corrected chi connectivity index (χ4v) is 2.72. The van der Waals surface area contributed by atoms with E-state index in [2.05, 4.69) is 20.9 Å². The monoisotopic (exact) mass is 321 g/mol. The van der Waals surface area contributed by atoms with Crippen LogP contribution in [0.4, 0.5) is 5.00 Å². The van der Waals surface area contributed by atoms with Crippen molar-refractivity contribution in [2.24, 2.45) is 0 Å². The molecule has 90 valence electrons. The minimum atomic E-state index is -0.164. The smallest absolute Gasteiger partial charge is 0.258 e. The number of rotatable bonds is 2. The van der Waals surface area contributed by atoms with Gasteiger partial charge in [-0.2, -0.15) is 5.26 Å². The fourth-order valence-electron chi connectivity index (χ4n) is 1.40. The molecule has 0 aliphatic rings. The second kappa shape index (κ2) is 5.29. The largest absolute Gasteiger partial charge is 0.303 e. The van der Waals surface area contributed by atoms with E-state index in [-0.39, 0.29) is 11.6 Å². The van der Waals surface area contributed by atoms with Crippen LogP contribution in [0.2, 0.25) is 0 Å². The van der Waals surface area contributed by atoms with E-state index in [0.29, 0.717) is 5.56 Å². The lowest BCUT2D eigenvalue weighted by Crippen LogP contribution is -2.25. The SMILES string of the molecule is CN(C(=O)c1ccnc(C#N)c1)c1ccc(Br)s1. The Kier molecular flexibility index (Phi) is 3.75. The molecule has 0 saturated carbocycles. The van der Waals surface area contributed by atoms with Crippen molar-refractivity contribution in [1.82, 2.24) is 4.98 Å². The molecule has 0 aliphatic heterocycles. The highest BCUT2D eigenvalue weighted by Crippen LogP contribution is 2.29. The van der Waals surface area contributed by atoms with Gasteiger partial charge in [-0.1, -0.05) is 0 Å². The molecule has 2 aromatic rings. The molecule has 0 atom stereocenters. The van der Waals surface area contributed by atoms with E-state index < -0.39 is 0 Å². The maximum atomic E-state index is 12.2. The summed E-state index contributed by atoms with van der Waals surface area (Å²) < 4.78 is 0.963. The zero-order valence-corrected chi connectivity index (χ0v) is 11.8. The Morgan fingerprint density at radius 1 is 1.50 bits per heavy atom. The summed E-state index contributed by atoms with van der Waals surface area (Å²) in [6.45, 7) is 0. The van der Waals surface area contributed by atoms with Crippen LogP contribution in [0.1, 0.15) is 16.1 Å². The third kappa shape index (κ3) is 2.58. The molecule has 6 heteroatoms. The first-order chi connectivity index (χ1) is 8.61. The number of halogens is 1. The molecule has 2 heterocycles.